The monoisotopic (exact) mass is 563 g/mol. The maximum absolute atomic E-state index is 12.7. The predicted molar refractivity (Wildman–Crippen MR) is 178 cm³/mol. The Labute approximate surface area is 252 Å². The number of unbranched alkanes of at least 4 members (excludes halogenated alkanes) is 17. The number of carbonyl (C=O) groups is 1. The van der Waals surface area contributed by atoms with Gasteiger partial charge in [-0.3, -0.25) is 9.69 Å². The Morgan fingerprint density at radius 2 is 0.875 bits per heavy atom. The van der Waals surface area contributed by atoms with Gasteiger partial charge in [0, 0.05) is 6.04 Å². The Bertz CT molecular complexity index is 520. The summed E-state index contributed by atoms with van der Waals surface area (Å²) in [5.74, 6) is 1.27. The second-order valence-corrected chi connectivity index (χ2v) is 13.4. The van der Waals surface area contributed by atoms with Gasteiger partial charge >= 0.3 is 0 Å². The number of carbonyl (C=O) groups excluding carboxylic acids is 1. The molecule has 0 saturated carbocycles. The molecule has 1 aliphatic rings. The minimum Gasteiger partial charge on any atom is -0.352 e. The molecule has 1 aliphatic heterocycles. The third-order valence-electron chi connectivity index (χ3n) is 9.43. The molecular weight excluding hydrogens is 488 g/mol. The molecule has 1 heterocycles. The second kappa shape index (κ2) is 28.5. The molecule has 0 aromatic heterocycles. The molecule has 0 spiro atoms. The van der Waals surface area contributed by atoms with Gasteiger partial charge in [0.1, 0.15) is 0 Å². The van der Waals surface area contributed by atoms with E-state index in [1.54, 1.807) is 0 Å². The molecule has 1 saturated heterocycles. The Morgan fingerprint density at radius 1 is 0.525 bits per heavy atom. The molecular formula is C37H74N2O. The van der Waals surface area contributed by atoms with Crippen LogP contribution in [0.15, 0.2) is 0 Å². The molecule has 1 atom stereocenters. The largest absolute Gasteiger partial charge is 0.352 e. The van der Waals surface area contributed by atoms with Crippen molar-refractivity contribution in [3.63, 3.8) is 0 Å². The van der Waals surface area contributed by atoms with Crippen LogP contribution in [0.1, 0.15) is 201 Å². The molecule has 0 radical (unpaired) electrons. The molecule has 1 N–H and O–H groups in total. The summed E-state index contributed by atoms with van der Waals surface area (Å²) in [6, 6.07) is 0.397. The highest BCUT2D eigenvalue weighted by Crippen LogP contribution is 2.24. The van der Waals surface area contributed by atoms with Gasteiger partial charge in [-0.15, -0.1) is 0 Å². The average molecular weight is 563 g/mol. The maximum atomic E-state index is 12.7. The van der Waals surface area contributed by atoms with E-state index < -0.39 is 0 Å². The topological polar surface area (TPSA) is 32.3 Å². The van der Waals surface area contributed by atoms with Gasteiger partial charge in [-0.1, -0.05) is 175 Å². The van der Waals surface area contributed by atoms with Crippen molar-refractivity contribution in [3.05, 3.63) is 0 Å². The molecule has 1 unspecified atom stereocenters. The molecule has 0 aromatic rings. The zero-order chi connectivity index (χ0) is 28.9. The summed E-state index contributed by atoms with van der Waals surface area (Å²) < 4.78 is 0. The minimum atomic E-state index is 0.271. The summed E-state index contributed by atoms with van der Waals surface area (Å²) in [4.78, 5) is 15.0. The van der Waals surface area contributed by atoms with E-state index in [1.807, 2.05) is 0 Å². The SMILES string of the molecule is CCCCCCCCCC(CCCCCCCCCCC(CCCCC)CCCCC)NC(=O)CN1CCCC1. The van der Waals surface area contributed by atoms with Crippen molar-refractivity contribution < 1.29 is 4.79 Å². The Kier molecular flexibility index (Phi) is 26.7. The van der Waals surface area contributed by atoms with Crippen molar-refractivity contribution in [2.45, 2.75) is 207 Å². The first-order chi connectivity index (χ1) is 19.7. The van der Waals surface area contributed by atoms with E-state index in [0.29, 0.717) is 12.6 Å². The third kappa shape index (κ3) is 23.0. The van der Waals surface area contributed by atoms with Crippen LogP contribution >= 0.6 is 0 Å². The first-order valence-electron chi connectivity index (χ1n) is 18.7. The van der Waals surface area contributed by atoms with E-state index in [-0.39, 0.29) is 5.91 Å². The lowest BCUT2D eigenvalue weighted by atomic mass is 9.90. The van der Waals surface area contributed by atoms with E-state index in [2.05, 4.69) is 31.0 Å². The molecule has 40 heavy (non-hydrogen) atoms. The zero-order valence-electron chi connectivity index (χ0n) is 27.9. The fourth-order valence-corrected chi connectivity index (χ4v) is 6.74. The Morgan fingerprint density at radius 3 is 1.32 bits per heavy atom. The summed E-state index contributed by atoms with van der Waals surface area (Å²) in [6.45, 7) is 9.77. The fraction of sp³-hybridized carbons (Fsp3) is 0.973. The maximum Gasteiger partial charge on any atom is 0.234 e. The number of likely N-dealkylation sites (tertiary alicyclic amines) is 1. The van der Waals surface area contributed by atoms with E-state index in [4.69, 9.17) is 0 Å². The number of nitrogens with zero attached hydrogens (tertiary/aromatic N) is 1. The number of nitrogens with one attached hydrogen (secondary N) is 1. The van der Waals surface area contributed by atoms with Crippen molar-refractivity contribution in [1.82, 2.24) is 10.2 Å². The summed E-state index contributed by atoms with van der Waals surface area (Å²) in [7, 11) is 0. The van der Waals surface area contributed by atoms with E-state index >= 15 is 0 Å². The van der Waals surface area contributed by atoms with Crippen LogP contribution in [0.3, 0.4) is 0 Å². The van der Waals surface area contributed by atoms with Gasteiger partial charge in [-0.2, -0.15) is 0 Å². The number of amides is 1. The first-order valence-corrected chi connectivity index (χ1v) is 18.7. The molecule has 1 fully saturated rings. The second-order valence-electron chi connectivity index (χ2n) is 13.4. The van der Waals surface area contributed by atoms with E-state index in [1.165, 1.54) is 180 Å². The van der Waals surface area contributed by atoms with Crippen molar-refractivity contribution in [2.24, 2.45) is 5.92 Å². The molecule has 0 aliphatic carbocycles. The van der Waals surface area contributed by atoms with Gasteiger partial charge in [0.25, 0.3) is 0 Å². The van der Waals surface area contributed by atoms with Gasteiger partial charge in [-0.05, 0) is 44.7 Å². The zero-order valence-corrected chi connectivity index (χ0v) is 27.9. The summed E-state index contributed by atoms with van der Waals surface area (Å²) >= 11 is 0. The van der Waals surface area contributed by atoms with Gasteiger partial charge in [0.15, 0.2) is 0 Å². The van der Waals surface area contributed by atoms with Crippen molar-refractivity contribution in [3.8, 4) is 0 Å². The van der Waals surface area contributed by atoms with Crippen LogP contribution < -0.4 is 5.32 Å². The van der Waals surface area contributed by atoms with Crippen LogP contribution in [0.5, 0.6) is 0 Å². The van der Waals surface area contributed by atoms with Crippen LogP contribution in [-0.4, -0.2) is 36.5 Å². The molecule has 3 nitrogen and oxygen atoms in total. The van der Waals surface area contributed by atoms with Crippen LogP contribution in [0.4, 0.5) is 0 Å². The molecule has 1 rings (SSSR count). The Balaban J connectivity index is 2.15. The van der Waals surface area contributed by atoms with Crippen LogP contribution in [0.25, 0.3) is 0 Å². The van der Waals surface area contributed by atoms with Crippen molar-refractivity contribution in [1.29, 1.82) is 0 Å². The highest BCUT2D eigenvalue weighted by molar-refractivity contribution is 5.78. The average Bonchev–Trinajstić information content (AvgIpc) is 3.46. The van der Waals surface area contributed by atoms with Gasteiger partial charge in [0.2, 0.25) is 5.91 Å². The molecule has 0 aromatic carbocycles. The highest BCUT2D eigenvalue weighted by atomic mass is 16.2. The molecule has 0 bridgehead atoms. The smallest absolute Gasteiger partial charge is 0.234 e. The highest BCUT2D eigenvalue weighted by Gasteiger charge is 2.18. The summed E-state index contributed by atoms with van der Waals surface area (Å²) in [6.07, 6.45) is 38.4. The van der Waals surface area contributed by atoms with Gasteiger partial charge < -0.3 is 5.32 Å². The fourth-order valence-electron chi connectivity index (χ4n) is 6.74. The molecule has 238 valence electrons. The van der Waals surface area contributed by atoms with Gasteiger partial charge in [-0.25, -0.2) is 0 Å². The third-order valence-corrected chi connectivity index (χ3v) is 9.43. The summed E-state index contributed by atoms with van der Waals surface area (Å²) in [5, 5.41) is 3.44. The molecule has 3 heteroatoms. The number of hydrogen-bond acceptors (Lipinski definition) is 2. The number of rotatable bonds is 30. The molecule has 1 amide bonds. The van der Waals surface area contributed by atoms with Crippen LogP contribution in [0, 0.1) is 5.92 Å². The van der Waals surface area contributed by atoms with Crippen molar-refractivity contribution in [2.75, 3.05) is 19.6 Å². The standard InChI is InChI=1S/C37H74N2O/c1-4-7-10-11-14-18-23-30-36(38-37(40)34-39-32-25-26-33-39)31-24-19-16-13-12-15-17-22-29-35(27-20-8-5-2)28-21-9-6-3/h35-36H,4-34H2,1-3H3,(H,38,40). The van der Waals surface area contributed by atoms with Crippen LogP contribution in [0.2, 0.25) is 0 Å². The Hall–Kier alpha value is -0.570. The first kappa shape index (κ1) is 37.5. The lowest BCUT2D eigenvalue weighted by molar-refractivity contribution is -0.122. The lowest BCUT2D eigenvalue weighted by Crippen LogP contribution is -2.41. The normalized spacial score (nSPS) is 14.8. The van der Waals surface area contributed by atoms with E-state index in [0.717, 1.165) is 19.0 Å². The lowest BCUT2D eigenvalue weighted by Gasteiger charge is -2.21. The number of hydrogen-bond donors (Lipinski definition) is 1. The van der Waals surface area contributed by atoms with Crippen LogP contribution in [-0.2, 0) is 4.79 Å². The predicted octanol–water partition coefficient (Wildman–Crippen LogP) is 11.4. The van der Waals surface area contributed by atoms with E-state index in [9.17, 15) is 4.79 Å². The summed E-state index contributed by atoms with van der Waals surface area (Å²) in [5.41, 5.74) is 0. The van der Waals surface area contributed by atoms with Crippen molar-refractivity contribution >= 4 is 5.91 Å². The quantitative estimate of drug-likeness (QED) is 0.0883. The van der Waals surface area contributed by atoms with Gasteiger partial charge in [0.05, 0.1) is 6.54 Å². The minimum absolute atomic E-state index is 0.271.